The van der Waals surface area contributed by atoms with Crippen LogP contribution in [0.25, 0.3) is 0 Å². The minimum atomic E-state index is -0.996. The molecule has 1 heterocycles. The number of fused-ring (bicyclic) bond motifs is 1. The topological polar surface area (TPSA) is 75.6 Å². The van der Waals surface area contributed by atoms with Crippen molar-refractivity contribution in [2.75, 3.05) is 13.2 Å². The Hall–Kier alpha value is -1.88. The second-order valence-corrected chi connectivity index (χ2v) is 5.61. The lowest BCUT2D eigenvalue weighted by atomic mass is 9.93. The molecule has 0 bridgehead atoms. The van der Waals surface area contributed by atoms with E-state index in [9.17, 15) is 9.59 Å². The maximum Gasteiger partial charge on any atom is 0.310 e. The van der Waals surface area contributed by atoms with E-state index in [0.29, 0.717) is 6.61 Å². The average Bonchev–Trinajstić information content (AvgIpc) is 2.44. The number of ether oxygens (including phenoxy) is 1. The summed E-state index contributed by atoms with van der Waals surface area (Å²) in [6.07, 6.45) is 0.144. The van der Waals surface area contributed by atoms with Crippen LogP contribution in [0.4, 0.5) is 0 Å². The third-order valence-electron chi connectivity index (χ3n) is 3.52. The van der Waals surface area contributed by atoms with Gasteiger partial charge in [0.25, 0.3) is 5.91 Å². The molecule has 1 atom stereocenters. The van der Waals surface area contributed by atoms with Crippen molar-refractivity contribution in [2.24, 2.45) is 5.41 Å². The number of carbonyl (C=O) groups excluding carboxylic acids is 1. The Morgan fingerprint density at radius 2 is 2.10 bits per heavy atom. The standard InChI is InChI=1S/C15H19NO4/c1-15(2,14(18)19)9-16-13(17)12-11-6-4-3-5-10(11)7-8-20-12/h3-6,12H,7-9H2,1-2H3,(H,16,17)(H,18,19). The van der Waals surface area contributed by atoms with Crippen molar-refractivity contribution in [1.82, 2.24) is 5.32 Å². The van der Waals surface area contributed by atoms with Gasteiger partial charge < -0.3 is 15.2 Å². The average molecular weight is 277 g/mol. The first-order valence-electron chi connectivity index (χ1n) is 6.62. The van der Waals surface area contributed by atoms with E-state index >= 15 is 0 Å². The van der Waals surface area contributed by atoms with Crippen molar-refractivity contribution in [2.45, 2.75) is 26.4 Å². The molecular formula is C15H19NO4. The van der Waals surface area contributed by atoms with Crippen LogP contribution in [0.3, 0.4) is 0 Å². The Morgan fingerprint density at radius 3 is 2.80 bits per heavy atom. The Labute approximate surface area is 117 Å². The molecule has 1 aromatic carbocycles. The third-order valence-corrected chi connectivity index (χ3v) is 3.52. The maximum absolute atomic E-state index is 12.2. The van der Waals surface area contributed by atoms with Crippen molar-refractivity contribution in [3.8, 4) is 0 Å². The fraction of sp³-hybridized carbons (Fsp3) is 0.467. The van der Waals surface area contributed by atoms with Crippen LogP contribution in [-0.2, 0) is 20.7 Å². The van der Waals surface area contributed by atoms with Crippen LogP contribution in [0.5, 0.6) is 0 Å². The summed E-state index contributed by atoms with van der Waals surface area (Å²) >= 11 is 0. The largest absolute Gasteiger partial charge is 0.481 e. The molecule has 0 aliphatic carbocycles. The molecule has 2 rings (SSSR count). The summed E-state index contributed by atoms with van der Waals surface area (Å²) < 4.78 is 5.53. The van der Waals surface area contributed by atoms with E-state index in [-0.39, 0.29) is 12.5 Å². The number of carboxylic acids is 1. The number of amides is 1. The van der Waals surface area contributed by atoms with E-state index in [2.05, 4.69) is 5.32 Å². The highest BCUT2D eigenvalue weighted by Crippen LogP contribution is 2.27. The first kappa shape index (κ1) is 14.5. The van der Waals surface area contributed by atoms with Gasteiger partial charge >= 0.3 is 5.97 Å². The van der Waals surface area contributed by atoms with Gasteiger partial charge in [0.15, 0.2) is 6.10 Å². The number of hydrogen-bond donors (Lipinski definition) is 2. The monoisotopic (exact) mass is 277 g/mol. The molecule has 20 heavy (non-hydrogen) atoms. The SMILES string of the molecule is CC(C)(CNC(=O)C1OCCc2ccccc21)C(=O)O. The zero-order valence-electron chi connectivity index (χ0n) is 11.7. The molecule has 0 radical (unpaired) electrons. The quantitative estimate of drug-likeness (QED) is 0.875. The highest BCUT2D eigenvalue weighted by atomic mass is 16.5. The summed E-state index contributed by atoms with van der Waals surface area (Å²) in [6.45, 7) is 3.72. The van der Waals surface area contributed by atoms with Crippen LogP contribution < -0.4 is 5.32 Å². The molecule has 0 fully saturated rings. The molecule has 1 aliphatic heterocycles. The lowest BCUT2D eigenvalue weighted by Crippen LogP contribution is -2.42. The minimum absolute atomic E-state index is 0.0726. The lowest BCUT2D eigenvalue weighted by molar-refractivity contribution is -0.147. The lowest BCUT2D eigenvalue weighted by Gasteiger charge is -2.27. The summed E-state index contributed by atoms with van der Waals surface area (Å²) in [5.41, 5.74) is 0.977. The normalized spacial score (nSPS) is 18.2. The van der Waals surface area contributed by atoms with E-state index < -0.39 is 17.5 Å². The predicted octanol–water partition coefficient (Wildman–Crippen LogP) is 1.53. The summed E-state index contributed by atoms with van der Waals surface area (Å²) in [4.78, 5) is 23.2. The van der Waals surface area contributed by atoms with E-state index in [1.165, 1.54) is 0 Å². The molecule has 1 amide bonds. The van der Waals surface area contributed by atoms with Gasteiger partial charge in [-0.25, -0.2) is 0 Å². The fourth-order valence-corrected chi connectivity index (χ4v) is 2.09. The molecule has 108 valence electrons. The highest BCUT2D eigenvalue weighted by Gasteiger charge is 2.31. The molecule has 5 nitrogen and oxygen atoms in total. The van der Waals surface area contributed by atoms with Crippen molar-refractivity contribution < 1.29 is 19.4 Å². The molecule has 0 saturated carbocycles. The number of hydrogen-bond acceptors (Lipinski definition) is 3. The van der Waals surface area contributed by atoms with Crippen LogP contribution in [0.15, 0.2) is 24.3 Å². The molecule has 1 unspecified atom stereocenters. The smallest absolute Gasteiger partial charge is 0.310 e. The van der Waals surface area contributed by atoms with Gasteiger partial charge in [0.2, 0.25) is 0 Å². The molecule has 5 heteroatoms. The van der Waals surface area contributed by atoms with Crippen molar-refractivity contribution >= 4 is 11.9 Å². The number of carbonyl (C=O) groups is 2. The number of nitrogens with one attached hydrogen (secondary N) is 1. The maximum atomic E-state index is 12.2. The molecular weight excluding hydrogens is 258 g/mol. The van der Waals surface area contributed by atoms with Gasteiger partial charge in [-0.3, -0.25) is 9.59 Å². The van der Waals surface area contributed by atoms with Gasteiger partial charge in [0.05, 0.1) is 12.0 Å². The second kappa shape index (κ2) is 5.63. The number of carboxylic acid groups (broad SMARTS) is 1. The first-order valence-corrected chi connectivity index (χ1v) is 6.62. The van der Waals surface area contributed by atoms with Crippen molar-refractivity contribution in [3.05, 3.63) is 35.4 Å². The van der Waals surface area contributed by atoms with Crippen LogP contribution in [-0.4, -0.2) is 30.1 Å². The van der Waals surface area contributed by atoms with Crippen molar-refractivity contribution in [1.29, 1.82) is 0 Å². The number of aliphatic carboxylic acids is 1. The van der Waals surface area contributed by atoms with Gasteiger partial charge in [0.1, 0.15) is 0 Å². The third kappa shape index (κ3) is 2.99. The fourth-order valence-electron chi connectivity index (χ4n) is 2.09. The van der Waals surface area contributed by atoms with Gasteiger partial charge in [-0.2, -0.15) is 0 Å². The molecule has 1 aromatic rings. The zero-order valence-corrected chi connectivity index (χ0v) is 11.7. The summed E-state index contributed by atoms with van der Waals surface area (Å²) in [5.74, 6) is -1.23. The summed E-state index contributed by atoms with van der Waals surface area (Å²) in [7, 11) is 0. The molecule has 1 aliphatic rings. The summed E-state index contributed by atoms with van der Waals surface area (Å²) in [6, 6.07) is 7.67. The van der Waals surface area contributed by atoms with Gasteiger partial charge in [0, 0.05) is 6.54 Å². The van der Waals surface area contributed by atoms with Crippen LogP contribution in [0.1, 0.15) is 31.1 Å². The first-order chi connectivity index (χ1) is 9.42. The predicted molar refractivity (Wildman–Crippen MR) is 73.3 cm³/mol. The minimum Gasteiger partial charge on any atom is -0.481 e. The Morgan fingerprint density at radius 1 is 1.40 bits per heavy atom. The Balaban J connectivity index is 2.06. The van der Waals surface area contributed by atoms with E-state index in [1.807, 2.05) is 24.3 Å². The van der Waals surface area contributed by atoms with Crippen LogP contribution in [0.2, 0.25) is 0 Å². The second-order valence-electron chi connectivity index (χ2n) is 5.61. The Kier molecular flexibility index (Phi) is 4.09. The highest BCUT2D eigenvalue weighted by molar-refractivity contribution is 5.84. The van der Waals surface area contributed by atoms with Crippen LogP contribution >= 0.6 is 0 Å². The molecule has 2 N–H and O–H groups in total. The molecule has 0 aromatic heterocycles. The zero-order chi connectivity index (χ0) is 14.8. The van der Waals surface area contributed by atoms with Gasteiger partial charge in [-0.15, -0.1) is 0 Å². The van der Waals surface area contributed by atoms with Crippen LogP contribution in [0, 0.1) is 5.41 Å². The molecule has 0 spiro atoms. The number of benzene rings is 1. The van der Waals surface area contributed by atoms with Gasteiger partial charge in [-0.05, 0) is 31.4 Å². The van der Waals surface area contributed by atoms with E-state index in [4.69, 9.17) is 9.84 Å². The summed E-state index contributed by atoms with van der Waals surface area (Å²) in [5, 5.41) is 11.7. The van der Waals surface area contributed by atoms with E-state index in [0.717, 1.165) is 17.5 Å². The molecule has 0 saturated heterocycles. The van der Waals surface area contributed by atoms with Gasteiger partial charge in [-0.1, -0.05) is 24.3 Å². The number of rotatable bonds is 4. The Bertz CT molecular complexity index is 524. The van der Waals surface area contributed by atoms with Crippen molar-refractivity contribution in [3.63, 3.8) is 0 Å². The van der Waals surface area contributed by atoms with E-state index in [1.54, 1.807) is 13.8 Å².